The molecule has 0 aliphatic carbocycles. The van der Waals surface area contributed by atoms with E-state index in [9.17, 15) is 0 Å². The van der Waals surface area contributed by atoms with E-state index in [4.69, 9.17) is 5.73 Å². The van der Waals surface area contributed by atoms with Crippen molar-refractivity contribution in [2.24, 2.45) is 0 Å². The quantitative estimate of drug-likeness (QED) is 0.879. The lowest BCUT2D eigenvalue weighted by Crippen LogP contribution is -2.03. The number of rotatable bonds is 3. The molecule has 0 unspecified atom stereocenters. The fraction of sp³-hybridized carbons (Fsp3) is 0.0833. The molecule has 0 fully saturated rings. The molecule has 2 rings (SSSR count). The monoisotopic (exact) mass is 355 g/mol. The van der Waals surface area contributed by atoms with Crippen molar-refractivity contribution in [3.8, 4) is 0 Å². The summed E-state index contributed by atoms with van der Waals surface area (Å²) in [5, 5.41) is 3.29. The van der Waals surface area contributed by atoms with Gasteiger partial charge in [0, 0.05) is 17.2 Å². The van der Waals surface area contributed by atoms with Crippen molar-refractivity contribution in [3.05, 3.63) is 51.2 Å². The van der Waals surface area contributed by atoms with Gasteiger partial charge in [-0.1, -0.05) is 28.1 Å². The van der Waals surface area contributed by atoms with Crippen LogP contribution in [0.1, 0.15) is 5.56 Å². The molecule has 1 aromatic carbocycles. The fourth-order valence-corrected chi connectivity index (χ4v) is 2.41. The summed E-state index contributed by atoms with van der Waals surface area (Å²) >= 11 is 6.87. The van der Waals surface area contributed by atoms with Crippen molar-refractivity contribution in [2.75, 3.05) is 11.1 Å². The lowest BCUT2D eigenvalue weighted by molar-refractivity contribution is 1.14. The summed E-state index contributed by atoms with van der Waals surface area (Å²) < 4.78 is 1.94. The number of nitrogen functional groups attached to an aromatic ring is 1. The maximum Gasteiger partial charge on any atom is 0.0752 e. The molecule has 3 nitrogen and oxygen atoms in total. The minimum Gasteiger partial charge on any atom is -0.396 e. The molecule has 0 saturated carbocycles. The molecular weight excluding hydrogens is 346 g/mol. The first-order valence-corrected chi connectivity index (χ1v) is 6.62. The number of hydrogen-bond acceptors (Lipinski definition) is 3. The highest BCUT2D eigenvalue weighted by molar-refractivity contribution is 9.10. The van der Waals surface area contributed by atoms with Crippen LogP contribution >= 0.6 is 31.9 Å². The molecule has 88 valence electrons. The van der Waals surface area contributed by atoms with Gasteiger partial charge < -0.3 is 11.1 Å². The van der Waals surface area contributed by atoms with Crippen LogP contribution < -0.4 is 11.1 Å². The Hall–Kier alpha value is -1.07. The first-order valence-electron chi connectivity index (χ1n) is 5.04. The number of hydrogen-bond donors (Lipinski definition) is 2. The molecular formula is C12H11Br2N3. The first kappa shape index (κ1) is 12.4. The zero-order valence-corrected chi connectivity index (χ0v) is 12.1. The van der Waals surface area contributed by atoms with Gasteiger partial charge in [-0.3, -0.25) is 4.98 Å². The van der Waals surface area contributed by atoms with E-state index in [1.54, 1.807) is 12.4 Å². The molecule has 5 heteroatoms. The number of nitrogens with two attached hydrogens (primary N) is 1. The van der Waals surface area contributed by atoms with Crippen molar-refractivity contribution in [1.82, 2.24) is 4.98 Å². The number of nitrogens with one attached hydrogen (secondary N) is 1. The van der Waals surface area contributed by atoms with Crippen LogP contribution in [0.4, 0.5) is 11.4 Å². The number of halogens is 2. The maximum absolute atomic E-state index is 5.85. The van der Waals surface area contributed by atoms with Crippen LogP contribution in [0.2, 0.25) is 0 Å². The molecule has 0 bridgehead atoms. The predicted octanol–water partition coefficient (Wildman–Crippen LogP) is 3.80. The van der Waals surface area contributed by atoms with Crippen LogP contribution in [0.5, 0.6) is 0 Å². The van der Waals surface area contributed by atoms with Gasteiger partial charge in [-0.2, -0.15) is 0 Å². The smallest absolute Gasteiger partial charge is 0.0752 e. The third kappa shape index (κ3) is 3.20. The topological polar surface area (TPSA) is 50.9 Å². The van der Waals surface area contributed by atoms with E-state index in [1.807, 2.05) is 12.1 Å². The minimum absolute atomic E-state index is 0.634. The van der Waals surface area contributed by atoms with E-state index >= 15 is 0 Å². The second kappa shape index (κ2) is 5.51. The lowest BCUT2D eigenvalue weighted by Gasteiger charge is -2.10. The zero-order valence-electron chi connectivity index (χ0n) is 8.95. The SMILES string of the molecule is Nc1cncc(Br)c1NCc1cccc(Br)c1. The van der Waals surface area contributed by atoms with Crippen LogP contribution in [0.3, 0.4) is 0 Å². The molecule has 0 spiro atoms. The summed E-state index contributed by atoms with van der Waals surface area (Å²) in [6, 6.07) is 8.13. The normalized spacial score (nSPS) is 10.2. The molecule has 2 aromatic rings. The van der Waals surface area contributed by atoms with Crippen LogP contribution in [-0.4, -0.2) is 4.98 Å². The van der Waals surface area contributed by atoms with E-state index in [-0.39, 0.29) is 0 Å². The standard InChI is InChI=1S/C12H11Br2N3/c13-9-3-1-2-8(4-9)5-17-12-10(14)6-16-7-11(12)15/h1-4,6-7H,5,15H2,(H,16,17). The highest BCUT2D eigenvalue weighted by atomic mass is 79.9. The van der Waals surface area contributed by atoms with Crippen LogP contribution in [0.15, 0.2) is 45.6 Å². The number of anilines is 2. The predicted molar refractivity (Wildman–Crippen MR) is 77.8 cm³/mol. The zero-order chi connectivity index (χ0) is 12.3. The minimum atomic E-state index is 0.634. The Morgan fingerprint density at radius 2 is 2.06 bits per heavy atom. The summed E-state index contributed by atoms with van der Waals surface area (Å²) in [6.45, 7) is 0.715. The van der Waals surface area contributed by atoms with E-state index in [0.29, 0.717) is 12.2 Å². The molecule has 0 atom stereocenters. The van der Waals surface area contributed by atoms with Crippen LogP contribution in [0.25, 0.3) is 0 Å². The van der Waals surface area contributed by atoms with Crippen LogP contribution in [0, 0.1) is 0 Å². The Morgan fingerprint density at radius 1 is 1.24 bits per heavy atom. The van der Waals surface area contributed by atoms with E-state index in [0.717, 1.165) is 14.6 Å². The lowest BCUT2D eigenvalue weighted by atomic mass is 10.2. The number of aromatic nitrogens is 1. The Balaban J connectivity index is 2.13. The molecule has 0 amide bonds. The third-order valence-electron chi connectivity index (χ3n) is 2.29. The van der Waals surface area contributed by atoms with Crippen molar-refractivity contribution >= 4 is 43.2 Å². The number of benzene rings is 1. The van der Waals surface area contributed by atoms with Crippen molar-refractivity contribution in [2.45, 2.75) is 6.54 Å². The van der Waals surface area contributed by atoms with Crippen molar-refractivity contribution in [3.63, 3.8) is 0 Å². The average Bonchev–Trinajstić information content (AvgIpc) is 2.28. The van der Waals surface area contributed by atoms with E-state index in [1.165, 1.54) is 5.56 Å². The fourth-order valence-electron chi connectivity index (χ4n) is 1.47. The van der Waals surface area contributed by atoms with Gasteiger partial charge in [-0.25, -0.2) is 0 Å². The Morgan fingerprint density at radius 3 is 2.76 bits per heavy atom. The molecule has 1 aromatic heterocycles. The molecule has 0 saturated heterocycles. The van der Waals surface area contributed by atoms with Gasteiger partial charge in [0.15, 0.2) is 0 Å². The second-order valence-corrected chi connectivity index (χ2v) is 5.34. The van der Waals surface area contributed by atoms with Gasteiger partial charge in [0.1, 0.15) is 0 Å². The van der Waals surface area contributed by atoms with Gasteiger partial charge >= 0.3 is 0 Å². The van der Waals surface area contributed by atoms with Gasteiger partial charge in [0.2, 0.25) is 0 Å². The highest BCUT2D eigenvalue weighted by Crippen LogP contribution is 2.27. The maximum atomic E-state index is 5.85. The summed E-state index contributed by atoms with van der Waals surface area (Å²) in [4.78, 5) is 3.99. The van der Waals surface area contributed by atoms with E-state index in [2.05, 4.69) is 54.3 Å². The Bertz CT molecular complexity index is 509. The van der Waals surface area contributed by atoms with Gasteiger partial charge in [0.25, 0.3) is 0 Å². The molecule has 3 N–H and O–H groups in total. The largest absolute Gasteiger partial charge is 0.396 e. The highest BCUT2D eigenvalue weighted by Gasteiger charge is 2.04. The number of nitrogens with zero attached hydrogens (tertiary/aromatic N) is 1. The molecule has 0 radical (unpaired) electrons. The molecule has 0 aliphatic heterocycles. The van der Waals surface area contributed by atoms with Crippen molar-refractivity contribution < 1.29 is 0 Å². The summed E-state index contributed by atoms with van der Waals surface area (Å²) in [5.41, 5.74) is 8.54. The summed E-state index contributed by atoms with van der Waals surface area (Å²) in [6.07, 6.45) is 3.35. The first-order chi connectivity index (χ1) is 8.16. The summed E-state index contributed by atoms with van der Waals surface area (Å²) in [7, 11) is 0. The van der Waals surface area contributed by atoms with Gasteiger partial charge in [-0.05, 0) is 33.6 Å². The van der Waals surface area contributed by atoms with E-state index < -0.39 is 0 Å². The average molecular weight is 357 g/mol. The summed E-state index contributed by atoms with van der Waals surface area (Å²) in [5.74, 6) is 0. The van der Waals surface area contributed by atoms with Gasteiger partial charge in [0.05, 0.1) is 22.0 Å². The molecule has 17 heavy (non-hydrogen) atoms. The van der Waals surface area contributed by atoms with Crippen LogP contribution in [-0.2, 0) is 6.54 Å². The van der Waals surface area contributed by atoms with Crippen molar-refractivity contribution in [1.29, 1.82) is 0 Å². The third-order valence-corrected chi connectivity index (χ3v) is 3.38. The van der Waals surface area contributed by atoms with Gasteiger partial charge in [-0.15, -0.1) is 0 Å². The number of pyridine rings is 1. The Kier molecular flexibility index (Phi) is 4.02. The second-order valence-electron chi connectivity index (χ2n) is 3.57. The molecule has 0 aliphatic rings. The Labute approximate surface area is 117 Å². The molecule has 1 heterocycles.